The van der Waals surface area contributed by atoms with Crippen LogP contribution in [0.4, 0.5) is 0 Å². The second-order valence-electron chi connectivity index (χ2n) is 5.67. The minimum absolute atomic E-state index is 0.893. The van der Waals surface area contributed by atoms with Crippen molar-refractivity contribution < 1.29 is 4.43 Å². The summed E-state index contributed by atoms with van der Waals surface area (Å²) >= 11 is 0. The predicted molar refractivity (Wildman–Crippen MR) is 90.8 cm³/mol. The molecule has 0 bridgehead atoms. The number of rotatable bonds is 2. The number of fused-ring (bicyclic) bond motifs is 1. The average Bonchev–Trinajstić information content (AvgIpc) is 3.06. The van der Waals surface area contributed by atoms with Crippen LogP contribution in [-0.4, -0.2) is 14.9 Å². The van der Waals surface area contributed by atoms with Gasteiger partial charge in [-0.1, -0.05) is 72.8 Å². The van der Waals surface area contributed by atoms with Gasteiger partial charge in [-0.05, 0) is 33.6 Å². The van der Waals surface area contributed by atoms with Gasteiger partial charge in [0.25, 0.3) is 8.32 Å². The Morgan fingerprint density at radius 2 is 1.52 bits per heavy atom. The fourth-order valence-electron chi connectivity index (χ4n) is 3.52. The van der Waals surface area contributed by atoms with Crippen LogP contribution in [0.25, 0.3) is 10.8 Å². The molecule has 21 heavy (non-hydrogen) atoms. The molecule has 0 amide bonds. The maximum absolute atomic E-state index is 6.46. The summed E-state index contributed by atoms with van der Waals surface area (Å²) in [5, 5.41) is 5.51. The molecular weight excluding hydrogens is 272 g/mol. The summed E-state index contributed by atoms with van der Waals surface area (Å²) in [5.74, 6) is 0. The topological polar surface area (TPSA) is 9.23 Å². The first kappa shape index (κ1) is 12.8. The Hall–Kier alpha value is -1.90. The lowest BCUT2D eigenvalue weighted by Crippen LogP contribution is -2.58. The van der Waals surface area contributed by atoms with E-state index >= 15 is 0 Å². The third kappa shape index (κ3) is 2.03. The van der Waals surface area contributed by atoms with Crippen LogP contribution >= 0.6 is 0 Å². The molecule has 1 aliphatic rings. The van der Waals surface area contributed by atoms with Crippen molar-refractivity contribution in [2.75, 3.05) is 6.61 Å². The normalized spacial score (nSPS) is 21.7. The predicted octanol–water partition coefficient (Wildman–Crippen LogP) is 3.32. The van der Waals surface area contributed by atoms with Gasteiger partial charge in [0.05, 0.1) is 0 Å². The quantitative estimate of drug-likeness (QED) is 0.658. The molecule has 0 spiro atoms. The molecule has 2 heteroatoms. The zero-order valence-corrected chi connectivity index (χ0v) is 13.0. The van der Waals surface area contributed by atoms with Gasteiger partial charge in [0.2, 0.25) is 0 Å². The van der Waals surface area contributed by atoms with Gasteiger partial charge >= 0.3 is 0 Å². The second-order valence-corrected chi connectivity index (χ2v) is 9.23. The largest absolute Gasteiger partial charge is 0.408 e. The summed E-state index contributed by atoms with van der Waals surface area (Å²) in [6, 6.07) is 27.4. The van der Waals surface area contributed by atoms with Crippen molar-refractivity contribution in [3.8, 4) is 0 Å². The van der Waals surface area contributed by atoms with Crippen LogP contribution in [0.2, 0.25) is 6.04 Å². The number of benzene rings is 3. The van der Waals surface area contributed by atoms with E-state index in [0.29, 0.717) is 0 Å². The summed E-state index contributed by atoms with van der Waals surface area (Å²) in [6.45, 7) is 0.893. The lowest BCUT2D eigenvalue weighted by atomic mass is 10.1. The van der Waals surface area contributed by atoms with Gasteiger partial charge in [-0.25, -0.2) is 0 Å². The van der Waals surface area contributed by atoms with Crippen LogP contribution in [-0.2, 0) is 4.43 Å². The summed E-state index contributed by atoms with van der Waals surface area (Å²) in [4.78, 5) is 0. The molecule has 3 aromatic carbocycles. The van der Waals surface area contributed by atoms with E-state index in [9.17, 15) is 0 Å². The van der Waals surface area contributed by atoms with Crippen molar-refractivity contribution in [3.63, 3.8) is 0 Å². The molecule has 0 unspecified atom stereocenters. The summed E-state index contributed by atoms with van der Waals surface area (Å²) in [6.07, 6.45) is 1.17. The van der Waals surface area contributed by atoms with Crippen molar-refractivity contribution in [2.24, 2.45) is 0 Å². The van der Waals surface area contributed by atoms with Crippen molar-refractivity contribution in [1.29, 1.82) is 0 Å². The molecule has 1 nitrogen and oxygen atoms in total. The molecule has 1 heterocycles. The monoisotopic (exact) mass is 290 g/mol. The molecule has 1 fully saturated rings. The van der Waals surface area contributed by atoms with E-state index in [4.69, 9.17) is 4.43 Å². The molecule has 3 aromatic rings. The van der Waals surface area contributed by atoms with Gasteiger partial charge in [-0.2, -0.15) is 0 Å². The van der Waals surface area contributed by atoms with Gasteiger partial charge in [0.15, 0.2) is 0 Å². The van der Waals surface area contributed by atoms with E-state index in [1.807, 2.05) is 0 Å². The van der Waals surface area contributed by atoms with Crippen LogP contribution in [0.3, 0.4) is 0 Å². The van der Waals surface area contributed by atoms with E-state index in [1.54, 1.807) is 0 Å². The fraction of sp³-hybridized carbons (Fsp3) is 0.158. The standard InChI is InChI=1S/C19H18OSi/c1-2-10-17(11-3-1)21(15-7-14-20-21)19-13-6-9-16-8-4-5-12-18(16)19/h1-6,8-13H,7,14-15H2/t21-/m0/s1. The molecule has 4 rings (SSSR count). The van der Waals surface area contributed by atoms with E-state index in [0.717, 1.165) is 6.61 Å². The van der Waals surface area contributed by atoms with Crippen LogP contribution in [0.5, 0.6) is 0 Å². The SMILES string of the molecule is c1ccc([Si@]2(c3cccc4ccccc34)CCCO2)cc1. The van der Waals surface area contributed by atoms with Crippen LogP contribution in [0, 0.1) is 0 Å². The van der Waals surface area contributed by atoms with E-state index in [1.165, 1.54) is 33.6 Å². The van der Waals surface area contributed by atoms with Crippen LogP contribution < -0.4 is 10.4 Å². The average molecular weight is 290 g/mol. The van der Waals surface area contributed by atoms with Crippen molar-refractivity contribution in [1.82, 2.24) is 0 Å². The Morgan fingerprint density at radius 1 is 0.762 bits per heavy atom. The summed E-state index contributed by atoms with van der Waals surface area (Å²) in [7, 11) is -2.05. The van der Waals surface area contributed by atoms with Crippen LogP contribution in [0.15, 0.2) is 72.8 Å². The maximum atomic E-state index is 6.46. The first-order valence-electron chi connectivity index (χ1n) is 7.58. The third-order valence-corrected chi connectivity index (χ3v) is 8.81. The maximum Gasteiger partial charge on any atom is 0.256 e. The lowest BCUT2D eigenvalue weighted by molar-refractivity contribution is 0.357. The Morgan fingerprint density at radius 3 is 2.33 bits per heavy atom. The molecule has 0 saturated carbocycles. The second kappa shape index (κ2) is 5.13. The molecule has 1 atom stereocenters. The van der Waals surface area contributed by atoms with Crippen molar-refractivity contribution in [3.05, 3.63) is 72.8 Å². The molecule has 0 N–H and O–H groups in total. The van der Waals surface area contributed by atoms with Gasteiger partial charge in [0.1, 0.15) is 0 Å². The Labute approximate surface area is 126 Å². The molecule has 0 radical (unpaired) electrons. The Bertz CT molecular complexity index is 755. The highest BCUT2D eigenvalue weighted by molar-refractivity contribution is 6.99. The molecule has 1 aliphatic heterocycles. The molecule has 1 saturated heterocycles. The van der Waals surface area contributed by atoms with Gasteiger partial charge in [0, 0.05) is 6.61 Å². The van der Waals surface area contributed by atoms with Crippen LogP contribution in [0.1, 0.15) is 6.42 Å². The smallest absolute Gasteiger partial charge is 0.256 e. The zero-order chi connectivity index (χ0) is 14.1. The number of hydrogen-bond donors (Lipinski definition) is 0. The molecule has 0 aliphatic carbocycles. The first-order valence-corrected chi connectivity index (χ1v) is 9.69. The van der Waals surface area contributed by atoms with E-state index in [2.05, 4.69) is 72.8 Å². The summed E-state index contributed by atoms with van der Waals surface area (Å²) < 4.78 is 6.46. The highest BCUT2D eigenvalue weighted by Gasteiger charge is 2.43. The fourth-order valence-corrected chi connectivity index (χ4v) is 7.75. The number of hydrogen-bond acceptors (Lipinski definition) is 1. The Balaban J connectivity index is 1.99. The zero-order valence-electron chi connectivity index (χ0n) is 12.0. The molecule has 104 valence electrons. The van der Waals surface area contributed by atoms with E-state index < -0.39 is 8.32 Å². The summed E-state index contributed by atoms with van der Waals surface area (Å²) in [5.41, 5.74) is 0. The lowest BCUT2D eigenvalue weighted by Gasteiger charge is -2.28. The van der Waals surface area contributed by atoms with Crippen molar-refractivity contribution >= 4 is 29.5 Å². The van der Waals surface area contributed by atoms with E-state index in [-0.39, 0.29) is 0 Å². The molecule has 0 aromatic heterocycles. The highest BCUT2D eigenvalue weighted by Crippen LogP contribution is 2.25. The van der Waals surface area contributed by atoms with Gasteiger partial charge < -0.3 is 4.43 Å². The minimum Gasteiger partial charge on any atom is -0.408 e. The van der Waals surface area contributed by atoms with Gasteiger partial charge in [-0.15, -0.1) is 0 Å². The molecular formula is C19H18OSi. The highest BCUT2D eigenvalue weighted by atomic mass is 28.4. The van der Waals surface area contributed by atoms with Gasteiger partial charge in [-0.3, -0.25) is 0 Å². The first-order chi connectivity index (χ1) is 10.4. The van der Waals surface area contributed by atoms with Crippen molar-refractivity contribution in [2.45, 2.75) is 12.5 Å². The Kier molecular flexibility index (Phi) is 3.13. The minimum atomic E-state index is -2.05. The third-order valence-electron chi connectivity index (χ3n) is 4.49.